The molecule has 1 aliphatic carbocycles. The molecule has 3 aromatic rings. The highest BCUT2D eigenvalue weighted by atomic mass is 32.2. The normalized spacial score (nSPS) is 19.9. The monoisotopic (exact) mass is 847 g/mol. The zero-order valence-electron chi connectivity index (χ0n) is 33.3. The van der Waals surface area contributed by atoms with Gasteiger partial charge in [0.05, 0.1) is 10.6 Å². The van der Waals surface area contributed by atoms with E-state index in [-0.39, 0.29) is 43.2 Å². The molecule has 14 nitrogen and oxygen atoms in total. The summed E-state index contributed by atoms with van der Waals surface area (Å²) in [6.45, 7) is 9.82. The van der Waals surface area contributed by atoms with Crippen molar-refractivity contribution in [3.8, 4) is 11.8 Å². The van der Waals surface area contributed by atoms with Gasteiger partial charge in [-0.05, 0) is 112 Å². The van der Waals surface area contributed by atoms with Gasteiger partial charge in [-0.15, -0.1) is 4.73 Å². The first kappa shape index (κ1) is 43.0. The van der Waals surface area contributed by atoms with E-state index in [2.05, 4.69) is 49.1 Å². The van der Waals surface area contributed by atoms with Crippen molar-refractivity contribution in [2.75, 3.05) is 30.3 Å². The fraction of sp³-hybridized carbons (Fsp3) is 0.326. The summed E-state index contributed by atoms with van der Waals surface area (Å²) in [5, 5.41) is 19.9. The molecule has 2 atom stereocenters. The zero-order valence-corrected chi connectivity index (χ0v) is 34.9. The molecule has 0 spiro atoms. The van der Waals surface area contributed by atoms with Crippen LogP contribution in [0.2, 0.25) is 0 Å². The Hall–Kier alpha value is -5.55. The van der Waals surface area contributed by atoms with E-state index in [1.165, 1.54) is 18.2 Å². The molecule has 2 aliphatic heterocycles. The maximum Gasteiger partial charge on any atom is 0.333 e. The molecule has 4 N–H and O–H groups in total. The minimum absolute atomic E-state index is 0.0173. The van der Waals surface area contributed by atoms with Gasteiger partial charge in [0.2, 0.25) is 11.8 Å². The van der Waals surface area contributed by atoms with Crippen LogP contribution in [0.25, 0.3) is 5.57 Å². The van der Waals surface area contributed by atoms with Crippen molar-refractivity contribution in [2.45, 2.75) is 69.8 Å². The number of benzene rings is 2. The van der Waals surface area contributed by atoms with Crippen LogP contribution < -0.4 is 9.74 Å². The molecule has 0 radical (unpaired) electrons. The Morgan fingerprint density at radius 3 is 2.31 bits per heavy atom. The minimum Gasteiger partial charge on any atom is -0.492 e. The molecule has 59 heavy (non-hydrogen) atoms. The van der Waals surface area contributed by atoms with Gasteiger partial charge in [-0.25, -0.2) is 4.79 Å². The van der Waals surface area contributed by atoms with Crippen LogP contribution in [0.15, 0.2) is 130 Å². The average Bonchev–Trinajstić information content (AvgIpc) is 3.62. The van der Waals surface area contributed by atoms with Crippen LogP contribution in [0.1, 0.15) is 64.5 Å². The molecule has 0 amide bonds. The number of likely N-dealkylation sites (N-methyl/N-ethyl adjacent to an activating group) is 1. The lowest BCUT2D eigenvalue weighted by molar-refractivity contribution is -0.145. The third-order valence-electron chi connectivity index (χ3n) is 10.9. The second-order valence-electron chi connectivity index (χ2n) is 14.7. The molecule has 0 saturated heterocycles. The Balaban J connectivity index is 1.41. The van der Waals surface area contributed by atoms with Crippen molar-refractivity contribution >= 4 is 37.5 Å². The molecule has 0 saturated carbocycles. The number of nitrogens with zero attached hydrogens (tertiary/aromatic N) is 3. The van der Waals surface area contributed by atoms with Crippen molar-refractivity contribution in [1.82, 2.24) is 9.63 Å². The van der Waals surface area contributed by atoms with Crippen LogP contribution in [0.3, 0.4) is 0 Å². The van der Waals surface area contributed by atoms with Crippen LogP contribution in [-0.4, -0.2) is 83.2 Å². The van der Waals surface area contributed by atoms with Crippen molar-refractivity contribution in [3.63, 3.8) is 0 Å². The quantitative estimate of drug-likeness (QED) is 0.111. The first-order valence-corrected chi connectivity index (χ1v) is 22.4. The molecule has 1 aromatic heterocycles. The maximum absolute atomic E-state index is 12.9. The highest BCUT2D eigenvalue weighted by molar-refractivity contribution is 7.86. The first-order valence-electron chi connectivity index (χ1n) is 19.3. The number of carbonyl (C=O) groups excluding carboxylic acids is 1. The van der Waals surface area contributed by atoms with Gasteiger partial charge >= 0.3 is 5.97 Å². The van der Waals surface area contributed by atoms with E-state index in [9.17, 15) is 40.9 Å². The number of hydrogen-bond donors (Lipinski definition) is 4. The SMILES string of the molecule is CCN(CC)C1=CC2OC(C=CC=C3N(CCCS(=O)(=O)O)c4ccc(S(=O)(=O)O)cc4C3(C)CCCC(=O)On3c(O)ccc3O)=C(C)C(c3ccccc3)=C2C=C1. The summed E-state index contributed by atoms with van der Waals surface area (Å²) in [4.78, 5) is 21.8. The molecular formula is C43H49N3O11S2. The largest absolute Gasteiger partial charge is 0.492 e. The standard InChI is InChI=1S/C43H49N3O11S2/c1-5-44(6-2)31-18-20-33-37(27-31)56-36(29(3)42(33)30-13-8-7-9-14-30)15-10-16-38-43(4,24-11-17-41(49)57-46-39(47)22-23-40(46)48)34-28-32(59(53,54)55)19-21-35(34)45(38)25-12-26-58(50,51)52/h7-10,13-16,18-23,27-28,37,47-48H,5-6,11-12,17,24-26H2,1-4H3,(H,50,51,52)(H,53,54,55). The number of aromatic hydroxyl groups is 2. The van der Waals surface area contributed by atoms with E-state index in [0.29, 0.717) is 27.4 Å². The van der Waals surface area contributed by atoms with Crippen LogP contribution in [0.5, 0.6) is 11.8 Å². The second-order valence-corrected chi connectivity index (χ2v) is 17.7. The molecule has 0 bridgehead atoms. The Morgan fingerprint density at radius 1 is 0.966 bits per heavy atom. The van der Waals surface area contributed by atoms with Crippen LogP contribution in [-0.2, 0) is 35.2 Å². The predicted octanol–water partition coefficient (Wildman–Crippen LogP) is 6.69. The van der Waals surface area contributed by atoms with Gasteiger partial charge in [0.25, 0.3) is 20.2 Å². The Bertz CT molecular complexity index is 2490. The molecule has 2 unspecified atom stereocenters. The molecule has 6 rings (SSSR count). The minimum atomic E-state index is -4.63. The summed E-state index contributed by atoms with van der Waals surface area (Å²) in [6.07, 6.45) is 11.7. The van der Waals surface area contributed by atoms with E-state index in [1.807, 2.05) is 55.2 Å². The summed E-state index contributed by atoms with van der Waals surface area (Å²) >= 11 is 0. The number of rotatable bonds is 16. The number of anilines is 1. The number of ether oxygens (including phenoxy) is 1. The number of hydrogen-bond acceptors (Lipinski definition) is 11. The van der Waals surface area contributed by atoms with Crippen molar-refractivity contribution in [3.05, 3.63) is 137 Å². The molecule has 3 aliphatic rings. The number of carbonyl (C=O) groups is 1. The van der Waals surface area contributed by atoms with Gasteiger partial charge < -0.3 is 29.6 Å². The third kappa shape index (κ3) is 9.36. The molecule has 0 fully saturated rings. The maximum atomic E-state index is 12.9. The lowest BCUT2D eigenvalue weighted by Crippen LogP contribution is -2.30. The van der Waals surface area contributed by atoms with E-state index in [4.69, 9.17) is 9.57 Å². The molecule has 2 aromatic carbocycles. The smallest absolute Gasteiger partial charge is 0.333 e. The van der Waals surface area contributed by atoms with E-state index < -0.39 is 49.1 Å². The fourth-order valence-corrected chi connectivity index (χ4v) is 8.97. The van der Waals surface area contributed by atoms with Gasteiger partial charge in [-0.1, -0.05) is 42.5 Å². The van der Waals surface area contributed by atoms with Crippen LogP contribution >= 0.6 is 0 Å². The van der Waals surface area contributed by atoms with Gasteiger partial charge in [0.15, 0.2) is 0 Å². The second kappa shape index (κ2) is 17.4. The lowest BCUT2D eigenvalue weighted by Gasteiger charge is -2.33. The van der Waals surface area contributed by atoms with E-state index >= 15 is 0 Å². The highest BCUT2D eigenvalue weighted by Crippen LogP contribution is 2.51. The number of allylic oxidation sites excluding steroid dienone is 7. The fourth-order valence-electron chi connectivity index (χ4n) is 7.97. The Labute approximate surface area is 344 Å². The summed E-state index contributed by atoms with van der Waals surface area (Å²) in [5.41, 5.74) is 5.70. The Morgan fingerprint density at radius 2 is 1.66 bits per heavy atom. The van der Waals surface area contributed by atoms with Crippen LogP contribution in [0, 0.1) is 0 Å². The number of fused-ring (bicyclic) bond motifs is 2. The van der Waals surface area contributed by atoms with Crippen LogP contribution in [0.4, 0.5) is 5.69 Å². The van der Waals surface area contributed by atoms with Crippen molar-refractivity contribution < 1.29 is 50.5 Å². The zero-order chi connectivity index (χ0) is 42.7. The highest BCUT2D eigenvalue weighted by Gasteiger charge is 2.44. The van der Waals surface area contributed by atoms with Gasteiger partial charge in [-0.2, -0.15) is 16.8 Å². The van der Waals surface area contributed by atoms with Gasteiger partial charge in [0, 0.05) is 66.3 Å². The average molecular weight is 848 g/mol. The van der Waals surface area contributed by atoms with Gasteiger partial charge in [-0.3, -0.25) is 9.11 Å². The number of aromatic nitrogens is 1. The molecular weight excluding hydrogens is 799 g/mol. The van der Waals surface area contributed by atoms with E-state index in [0.717, 1.165) is 53.2 Å². The molecule has 16 heteroatoms. The first-order chi connectivity index (χ1) is 27.9. The Kier molecular flexibility index (Phi) is 12.7. The molecule has 314 valence electrons. The van der Waals surface area contributed by atoms with Crippen molar-refractivity contribution in [1.29, 1.82) is 0 Å². The van der Waals surface area contributed by atoms with E-state index in [1.54, 1.807) is 0 Å². The van der Waals surface area contributed by atoms with Crippen molar-refractivity contribution in [2.24, 2.45) is 0 Å². The van der Waals surface area contributed by atoms with Gasteiger partial charge in [0.1, 0.15) is 11.9 Å². The predicted molar refractivity (Wildman–Crippen MR) is 223 cm³/mol. The topological polar surface area (TPSA) is 196 Å². The summed E-state index contributed by atoms with van der Waals surface area (Å²) < 4.78 is 75.2. The summed E-state index contributed by atoms with van der Waals surface area (Å²) in [7, 11) is -8.94. The summed E-state index contributed by atoms with van der Waals surface area (Å²) in [5.74, 6) is -1.62. The third-order valence-corrected chi connectivity index (χ3v) is 12.5. The summed E-state index contributed by atoms with van der Waals surface area (Å²) in [6, 6.07) is 16.5. The lowest BCUT2D eigenvalue weighted by atomic mass is 9.77. The molecule has 3 heterocycles.